The average molecular weight is 238 g/mol. The normalized spacial score (nSPS) is 12.9. The van der Waals surface area contributed by atoms with Crippen molar-refractivity contribution in [3.8, 4) is 0 Å². The quantitative estimate of drug-likeness (QED) is 0.693. The third-order valence-corrected chi connectivity index (χ3v) is 3.24. The summed E-state index contributed by atoms with van der Waals surface area (Å²) in [6.07, 6.45) is 5.35. The lowest BCUT2D eigenvalue weighted by atomic mass is 10.0. The van der Waals surface area contributed by atoms with Gasteiger partial charge in [0.05, 0.1) is 0 Å². The largest absolute Gasteiger partial charge is 0.396 e. The summed E-state index contributed by atoms with van der Waals surface area (Å²) in [6.45, 7) is 7.70. The van der Waals surface area contributed by atoms with Gasteiger partial charge in [0.15, 0.2) is 0 Å². The minimum atomic E-state index is 0.298. The Bertz CT molecular complexity index is 296. The molecule has 0 aliphatic heterocycles. The zero-order valence-electron chi connectivity index (χ0n) is 11.2. The van der Waals surface area contributed by atoms with E-state index in [9.17, 15) is 0 Å². The zero-order chi connectivity index (χ0) is 12.5. The lowest BCUT2D eigenvalue weighted by Gasteiger charge is -2.15. The molecule has 1 aromatic rings. The van der Waals surface area contributed by atoms with Gasteiger partial charge in [0.2, 0.25) is 0 Å². The second-order valence-electron chi connectivity index (χ2n) is 4.61. The molecule has 1 aromatic heterocycles. The zero-order valence-corrected chi connectivity index (χ0v) is 11.2. The van der Waals surface area contributed by atoms with Gasteiger partial charge < -0.3 is 15.0 Å². The van der Waals surface area contributed by atoms with E-state index in [-0.39, 0.29) is 0 Å². The summed E-state index contributed by atoms with van der Waals surface area (Å²) in [5.74, 6) is 0.592. The first-order valence-electron chi connectivity index (χ1n) is 6.77. The fourth-order valence-electron chi connectivity index (χ4n) is 2.11. The molecule has 3 nitrogen and oxygen atoms in total. The summed E-state index contributed by atoms with van der Waals surface area (Å²) in [5, 5.41) is 12.4. The molecule has 0 bridgehead atoms. The Morgan fingerprint density at radius 3 is 2.88 bits per heavy atom. The average Bonchev–Trinajstić information content (AvgIpc) is 2.76. The van der Waals surface area contributed by atoms with Gasteiger partial charge in [0.25, 0.3) is 0 Å². The van der Waals surface area contributed by atoms with Crippen molar-refractivity contribution in [2.45, 2.75) is 46.2 Å². The van der Waals surface area contributed by atoms with Gasteiger partial charge in [0, 0.05) is 31.6 Å². The molecule has 1 rings (SSSR count). The predicted octanol–water partition coefficient (Wildman–Crippen LogP) is 2.40. The first-order chi connectivity index (χ1) is 8.31. The van der Waals surface area contributed by atoms with E-state index in [0.717, 1.165) is 32.5 Å². The molecule has 2 N–H and O–H groups in total. The van der Waals surface area contributed by atoms with Crippen LogP contribution in [0, 0.1) is 5.92 Å². The minimum absolute atomic E-state index is 0.298. The first kappa shape index (κ1) is 14.3. The predicted molar refractivity (Wildman–Crippen MR) is 71.9 cm³/mol. The number of nitrogens with one attached hydrogen (secondary N) is 1. The Labute approximate surface area is 105 Å². The standard InChI is InChI=1S/C14H26N2O/c1-3-8-16-9-5-6-14(16)12-15-11-13(4-2)7-10-17/h5-6,9,13,15,17H,3-4,7-8,10-12H2,1-2H3. The molecule has 0 saturated heterocycles. The number of hydrogen-bond acceptors (Lipinski definition) is 2. The number of aliphatic hydroxyl groups is 1. The van der Waals surface area contributed by atoms with Crippen molar-refractivity contribution in [2.75, 3.05) is 13.2 Å². The van der Waals surface area contributed by atoms with E-state index in [1.807, 2.05) is 0 Å². The van der Waals surface area contributed by atoms with Crippen LogP contribution in [-0.2, 0) is 13.1 Å². The molecule has 1 heterocycles. The molecule has 0 amide bonds. The smallest absolute Gasteiger partial charge is 0.0434 e. The molecule has 0 aromatic carbocycles. The maximum absolute atomic E-state index is 8.93. The van der Waals surface area contributed by atoms with Crippen LogP contribution in [0.5, 0.6) is 0 Å². The van der Waals surface area contributed by atoms with Gasteiger partial charge in [-0.15, -0.1) is 0 Å². The Hall–Kier alpha value is -0.800. The number of rotatable bonds is 9. The van der Waals surface area contributed by atoms with Crippen molar-refractivity contribution < 1.29 is 5.11 Å². The summed E-state index contributed by atoms with van der Waals surface area (Å²) in [7, 11) is 0. The molecule has 0 fully saturated rings. The highest BCUT2D eigenvalue weighted by atomic mass is 16.3. The van der Waals surface area contributed by atoms with Crippen LogP contribution in [0.15, 0.2) is 18.3 Å². The van der Waals surface area contributed by atoms with Crippen LogP contribution in [0.2, 0.25) is 0 Å². The lowest BCUT2D eigenvalue weighted by molar-refractivity contribution is 0.251. The second-order valence-corrected chi connectivity index (χ2v) is 4.61. The van der Waals surface area contributed by atoms with E-state index in [0.29, 0.717) is 12.5 Å². The van der Waals surface area contributed by atoms with Gasteiger partial charge in [0.1, 0.15) is 0 Å². The van der Waals surface area contributed by atoms with E-state index in [2.05, 4.69) is 42.1 Å². The molecule has 3 heteroatoms. The number of nitrogens with zero attached hydrogens (tertiary/aromatic N) is 1. The Kier molecular flexibility index (Phi) is 6.97. The summed E-state index contributed by atoms with van der Waals surface area (Å²) in [4.78, 5) is 0. The van der Waals surface area contributed by atoms with Crippen molar-refractivity contribution in [1.82, 2.24) is 9.88 Å². The monoisotopic (exact) mass is 238 g/mol. The molecule has 17 heavy (non-hydrogen) atoms. The molecular formula is C14H26N2O. The SMILES string of the molecule is CCCn1cccc1CNCC(CC)CCO. The van der Waals surface area contributed by atoms with Crippen LogP contribution in [0.4, 0.5) is 0 Å². The van der Waals surface area contributed by atoms with Crippen LogP contribution in [0.3, 0.4) is 0 Å². The van der Waals surface area contributed by atoms with Gasteiger partial charge in [-0.3, -0.25) is 0 Å². The fraction of sp³-hybridized carbons (Fsp3) is 0.714. The third kappa shape index (κ3) is 4.92. The number of aromatic nitrogens is 1. The summed E-state index contributed by atoms with van der Waals surface area (Å²) >= 11 is 0. The molecular weight excluding hydrogens is 212 g/mol. The van der Waals surface area contributed by atoms with Gasteiger partial charge in [-0.1, -0.05) is 20.3 Å². The summed E-state index contributed by atoms with van der Waals surface area (Å²) < 4.78 is 2.31. The van der Waals surface area contributed by atoms with E-state index < -0.39 is 0 Å². The van der Waals surface area contributed by atoms with Gasteiger partial charge >= 0.3 is 0 Å². The molecule has 1 atom stereocenters. The molecule has 98 valence electrons. The maximum Gasteiger partial charge on any atom is 0.0434 e. The molecule has 0 aliphatic carbocycles. The Balaban J connectivity index is 2.31. The Morgan fingerprint density at radius 1 is 1.41 bits per heavy atom. The van der Waals surface area contributed by atoms with E-state index in [1.165, 1.54) is 12.1 Å². The van der Waals surface area contributed by atoms with Gasteiger partial charge in [-0.2, -0.15) is 0 Å². The topological polar surface area (TPSA) is 37.2 Å². The highest BCUT2D eigenvalue weighted by Gasteiger charge is 2.05. The van der Waals surface area contributed by atoms with Crippen LogP contribution >= 0.6 is 0 Å². The molecule has 0 spiro atoms. The van der Waals surface area contributed by atoms with Crippen LogP contribution in [0.1, 0.15) is 38.8 Å². The fourth-order valence-corrected chi connectivity index (χ4v) is 2.11. The third-order valence-electron chi connectivity index (χ3n) is 3.24. The van der Waals surface area contributed by atoms with Crippen molar-refractivity contribution in [2.24, 2.45) is 5.92 Å². The first-order valence-corrected chi connectivity index (χ1v) is 6.77. The molecule has 0 aliphatic rings. The lowest BCUT2D eigenvalue weighted by Crippen LogP contribution is -2.24. The minimum Gasteiger partial charge on any atom is -0.396 e. The van der Waals surface area contributed by atoms with E-state index >= 15 is 0 Å². The van der Waals surface area contributed by atoms with Gasteiger partial charge in [-0.05, 0) is 37.4 Å². The number of hydrogen-bond donors (Lipinski definition) is 2. The van der Waals surface area contributed by atoms with Crippen LogP contribution in [0.25, 0.3) is 0 Å². The molecule has 0 saturated carbocycles. The van der Waals surface area contributed by atoms with Crippen molar-refractivity contribution >= 4 is 0 Å². The van der Waals surface area contributed by atoms with Crippen molar-refractivity contribution in [1.29, 1.82) is 0 Å². The van der Waals surface area contributed by atoms with Crippen molar-refractivity contribution in [3.63, 3.8) is 0 Å². The number of aliphatic hydroxyl groups excluding tert-OH is 1. The Morgan fingerprint density at radius 2 is 2.24 bits per heavy atom. The maximum atomic E-state index is 8.93. The summed E-state index contributed by atoms with van der Waals surface area (Å²) in [6, 6.07) is 4.29. The van der Waals surface area contributed by atoms with Crippen molar-refractivity contribution in [3.05, 3.63) is 24.0 Å². The van der Waals surface area contributed by atoms with Gasteiger partial charge in [-0.25, -0.2) is 0 Å². The van der Waals surface area contributed by atoms with E-state index in [4.69, 9.17) is 5.11 Å². The summed E-state index contributed by atoms with van der Waals surface area (Å²) in [5.41, 5.74) is 1.35. The molecule has 1 unspecified atom stereocenters. The van der Waals surface area contributed by atoms with Crippen LogP contribution in [-0.4, -0.2) is 22.8 Å². The highest BCUT2D eigenvalue weighted by Crippen LogP contribution is 2.07. The van der Waals surface area contributed by atoms with Crippen LogP contribution < -0.4 is 5.32 Å². The number of aryl methyl sites for hydroxylation is 1. The van der Waals surface area contributed by atoms with E-state index in [1.54, 1.807) is 0 Å². The highest BCUT2D eigenvalue weighted by molar-refractivity contribution is 5.06. The second kappa shape index (κ2) is 8.31. The molecule has 0 radical (unpaired) electrons.